The van der Waals surface area contributed by atoms with Crippen molar-refractivity contribution in [1.82, 2.24) is 0 Å². The number of benzene rings is 1. The highest BCUT2D eigenvalue weighted by Crippen LogP contribution is 2.11. The van der Waals surface area contributed by atoms with Gasteiger partial charge in [0, 0.05) is 0 Å². The highest BCUT2D eigenvalue weighted by molar-refractivity contribution is 5.43. The summed E-state index contributed by atoms with van der Waals surface area (Å²) in [5, 5.41) is 18.0. The molecule has 0 aromatic heterocycles. The first-order chi connectivity index (χ1) is 4.70. The van der Waals surface area contributed by atoms with Crippen molar-refractivity contribution in [1.29, 1.82) is 0 Å². The molecule has 0 saturated heterocycles. The summed E-state index contributed by atoms with van der Waals surface area (Å²) in [6.07, 6.45) is 0. The number of rotatable bonds is 1. The molecule has 0 radical (unpaired) electrons. The van der Waals surface area contributed by atoms with E-state index in [0.29, 0.717) is 0 Å². The first-order valence-electron chi connectivity index (χ1n) is 2.62. The Morgan fingerprint density at radius 2 is 2.20 bits per heavy atom. The summed E-state index contributed by atoms with van der Waals surface area (Å²) < 4.78 is 12.3. The highest BCUT2D eigenvalue weighted by atomic mass is 19.1. The Kier molecular flexibility index (Phi) is 1.84. The third-order valence-electron chi connectivity index (χ3n) is 1.03. The van der Waals surface area contributed by atoms with E-state index in [1.54, 1.807) is 0 Å². The van der Waals surface area contributed by atoms with Gasteiger partial charge in [-0.25, -0.2) is 4.39 Å². The van der Waals surface area contributed by atoms with Crippen molar-refractivity contribution in [3.63, 3.8) is 0 Å². The maximum absolute atomic E-state index is 12.3. The lowest BCUT2D eigenvalue weighted by Gasteiger charge is -2.20. The van der Waals surface area contributed by atoms with Gasteiger partial charge in [0.1, 0.15) is 5.82 Å². The molecule has 54 valence electrons. The van der Waals surface area contributed by atoms with E-state index in [9.17, 15) is 9.60 Å². The Labute approximate surface area is 56.9 Å². The zero-order chi connectivity index (χ0) is 7.56. The van der Waals surface area contributed by atoms with Gasteiger partial charge in [-0.15, -0.1) is 0 Å². The summed E-state index contributed by atoms with van der Waals surface area (Å²) in [7, 11) is 0. The summed E-state index contributed by atoms with van der Waals surface area (Å²) >= 11 is 0. The zero-order valence-corrected chi connectivity index (χ0v) is 4.99. The Balaban J connectivity index is 2.96. The van der Waals surface area contributed by atoms with Gasteiger partial charge in [-0.2, -0.15) is 0 Å². The Morgan fingerprint density at radius 1 is 1.50 bits per heavy atom. The lowest BCUT2D eigenvalue weighted by molar-refractivity contribution is 0.296. The molecule has 0 aliphatic heterocycles. The van der Waals surface area contributed by atoms with E-state index in [0.717, 1.165) is 6.07 Å². The van der Waals surface area contributed by atoms with E-state index in [1.807, 2.05) is 0 Å². The van der Waals surface area contributed by atoms with Crippen LogP contribution in [0.4, 0.5) is 10.1 Å². The average molecular weight is 142 g/mol. The van der Waals surface area contributed by atoms with Crippen LogP contribution >= 0.6 is 0 Å². The molecule has 0 fully saturated rings. The van der Waals surface area contributed by atoms with Crippen molar-refractivity contribution >= 4 is 5.69 Å². The largest absolute Gasteiger partial charge is 0.733 e. The summed E-state index contributed by atoms with van der Waals surface area (Å²) in [6.45, 7) is 0. The molecule has 1 aromatic carbocycles. The standard InChI is InChI=1S/C6H5FNO2/c7-5-2-1-3-6(4-5)8(9)10/h1-4,9H/q-1. The predicted octanol–water partition coefficient (Wildman–Crippen LogP) is 1.52. The molecule has 0 bridgehead atoms. The normalized spacial score (nSPS) is 9.50. The van der Waals surface area contributed by atoms with Crippen LogP contribution < -0.4 is 5.23 Å². The lowest BCUT2D eigenvalue weighted by atomic mass is 10.3. The van der Waals surface area contributed by atoms with Crippen LogP contribution in [0.1, 0.15) is 0 Å². The van der Waals surface area contributed by atoms with Crippen LogP contribution in [0, 0.1) is 11.0 Å². The summed E-state index contributed by atoms with van der Waals surface area (Å²) in [4.78, 5) is 0. The van der Waals surface area contributed by atoms with Crippen molar-refractivity contribution in [2.24, 2.45) is 0 Å². The molecule has 4 heteroatoms. The van der Waals surface area contributed by atoms with Gasteiger partial charge in [0.2, 0.25) is 0 Å². The topological polar surface area (TPSA) is 46.5 Å². The van der Waals surface area contributed by atoms with Crippen LogP contribution in [0.25, 0.3) is 0 Å². The fourth-order valence-electron chi connectivity index (χ4n) is 0.595. The van der Waals surface area contributed by atoms with Gasteiger partial charge < -0.3 is 10.4 Å². The molecule has 0 aliphatic rings. The highest BCUT2D eigenvalue weighted by Gasteiger charge is 1.92. The van der Waals surface area contributed by atoms with Gasteiger partial charge >= 0.3 is 0 Å². The molecule has 0 amide bonds. The molecular formula is C6H5FNO2-. The van der Waals surface area contributed by atoms with Gasteiger partial charge in [-0.1, -0.05) is 6.07 Å². The van der Waals surface area contributed by atoms with Crippen molar-refractivity contribution < 1.29 is 9.60 Å². The molecule has 0 atom stereocenters. The van der Waals surface area contributed by atoms with Crippen molar-refractivity contribution in [2.75, 3.05) is 5.23 Å². The second-order valence-electron chi connectivity index (χ2n) is 1.75. The number of hydrogen-bond donors (Lipinski definition) is 1. The van der Waals surface area contributed by atoms with Gasteiger partial charge in [0.25, 0.3) is 0 Å². The third-order valence-corrected chi connectivity index (χ3v) is 1.03. The van der Waals surface area contributed by atoms with Crippen molar-refractivity contribution in [3.8, 4) is 0 Å². The van der Waals surface area contributed by atoms with E-state index in [-0.39, 0.29) is 10.9 Å². The third kappa shape index (κ3) is 1.43. The summed E-state index contributed by atoms with van der Waals surface area (Å²) in [5.41, 5.74) is -0.111. The number of halogens is 1. The van der Waals surface area contributed by atoms with E-state index in [2.05, 4.69) is 0 Å². The molecule has 10 heavy (non-hydrogen) atoms. The second kappa shape index (κ2) is 2.64. The van der Waals surface area contributed by atoms with Crippen molar-refractivity contribution in [2.45, 2.75) is 0 Å². The molecule has 0 heterocycles. The van der Waals surface area contributed by atoms with Crippen molar-refractivity contribution in [3.05, 3.63) is 35.3 Å². The Morgan fingerprint density at radius 3 is 2.60 bits per heavy atom. The molecule has 0 spiro atoms. The van der Waals surface area contributed by atoms with Gasteiger partial charge in [-0.05, 0) is 18.2 Å². The fourth-order valence-corrected chi connectivity index (χ4v) is 0.595. The van der Waals surface area contributed by atoms with E-state index in [1.165, 1.54) is 18.2 Å². The molecule has 1 rings (SSSR count). The zero-order valence-electron chi connectivity index (χ0n) is 4.99. The number of nitrogens with zero attached hydrogens (tertiary/aromatic N) is 1. The van der Waals surface area contributed by atoms with Gasteiger partial charge in [0.15, 0.2) is 0 Å². The molecule has 1 N–H and O–H groups in total. The van der Waals surface area contributed by atoms with Crippen LogP contribution in [0.3, 0.4) is 0 Å². The predicted molar refractivity (Wildman–Crippen MR) is 34.0 cm³/mol. The van der Waals surface area contributed by atoms with Crippen LogP contribution in [0.2, 0.25) is 0 Å². The smallest absolute Gasteiger partial charge is 0.125 e. The fraction of sp³-hybridized carbons (Fsp3) is 0. The minimum absolute atomic E-state index is 0.111. The monoisotopic (exact) mass is 142 g/mol. The van der Waals surface area contributed by atoms with Crippen LogP contribution in [0.15, 0.2) is 24.3 Å². The SMILES string of the molecule is [O-]N(O)c1cccc(F)c1. The quantitative estimate of drug-likeness (QED) is 0.604. The minimum Gasteiger partial charge on any atom is -0.733 e. The molecule has 1 aromatic rings. The number of hydrogen-bond acceptors (Lipinski definition) is 3. The minimum atomic E-state index is -0.549. The van der Waals surface area contributed by atoms with Crippen LogP contribution in [0.5, 0.6) is 0 Å². The van der Waals surface area contributed by atoms with E-state index >= 15 is 0 Å². The number of anilines is 1. The van der Waals surface area contributed by atoms with E-state index < -0.39 is 5.82 Å². The van der Waals surface area contributed by atoms with Gasteiger partial charge in [-0.3, -0.25) is 5.21 Å². The Bertz CT molecular complexity index is 227. The van der Waals surface area contributed by atoms with Gasteiger partial charge in [0.05, 0.1) is 5.69 Å². The summed E-state index contributed by atoms with van der Waals surface area (Å²) in [6, 6.07) is 4.77. The molecule has 0 aliphatic carbocycles. The molecule has 0 saturated carbocycles. The van der Waals surface area contributed by atoms with Crippen LogP contribution in [-0.4, -0.2) is 5.21 Å². The Hall–Kier alpha value is -1.13. The average Bonchev–Trinajstić information content (AvgIpc) is 1.88. The van der Waals surface area contributed by atoms with Crippen LogP contribution in [-0.2, 0) is 0 Å². The lowest BCUT2D eigenvalue weighted by Crippen LogP contribution is -2.06. The maximum Gasteiger partial charge on any atom is 0.125 e. The maximum atomic E-state index is 12.3. The molecule has 0 unspecified atom stereocenters. The van der Waals surface area contributed by atoms with E-state index in [4.69, 9.17) is 5.21 Å². The second-order valence-corrected chi connectivity index (χ2v) is 1.75. The first-order valence-corrected chi connectivity index (χ1v) is 2.62. The first kappa shape index (κ1) is 6.98. The summed E-state index contributed by atoms with van der Waals surface area (Å²) in [5.74, 6) is -0.549. The molecular weight excluding hydrogens is 137 g/mol. The molecule has 3 nitrogen and oxygen atoms in total.